The lowest BCUT2D eigenvalue weighted by atomic mass is 10.1. The number of hydrogen-bond donors (Lipinski definition) is 2. The highest BCUT2D eigenvalue weighted by Gasteiger charge is 2.21. The van der Waals surface area contributed by atoms with Crippen molar-refractivity contribution >= 4 is 0 Å². The largest absolute Gasteiger partial charge is 0.302 e. The Balaban J connectivity index is 2.09. The van der Waals surface area contributed by atoms with Crippen molar-refractivity contribution in [1.29, 1.82) is 0 Å². The van der Waals surface area contributed by atoms with Gasteiger partial charge in [-0.2, -0.15) is 0 Å². The topological polar surface area (TPSA) is 31.7 Å². The lowest BCUT2D eigenvalue weighted by Gasteiger charge is -2.10. The molecule has 0 saturated heterocycles. The van der Waals surface area contributed by atoms with Gasteiger partial charge in [0.05, 0.1) is 6.54 Å². The third kappa shape index (κ3) is 1.45. The van der Waals surface area contributed by atoms with Crippen molar-refractivity contribution in [2.45, 2.75) is 13.1 Å². The number of hydrogen-bond acceptors (Lipinski definition) is 1. The molecule has 0 amide bonds. The van der Waals surface area contributed by atoms with Crippen molar-refractivity contribution < 1.29 is 4.57 Å². The first-order valence-electron chi connectivity index (χ1n) is 5.31. The standard InChI is InChI=1S/C12H13N3/c1-2-4-10(5-3-1)11-8-14-12-9-13-6-7-15(11)12/h1-5,8,13H,6-7,9H2/p+1. The molecule has 0 atom stereocenters. The molecule has 1 aliphatic rings. The molecule has 3 rings (SSSR count). The van der Waals surface area contributed by atoms with Crippen molar-refractivity contribution in [1.82, 2.24) is 10.3 Å². The number of aromatic nitrogens is 2. The number of benzene rings is 1. The van der Waals surface area contributed by atoms with Crippen LogP contribution in [-0.4, -0.2) is 11.5 Å². The number of imidazole rings is 1. The van der Waals surface area contributed by atoms with Crippen molar-refractivity contribution in [3.63, 3.8) is 0 Å². The van der Waals surface area contributed by atoms with E-state index in [0.29, 0.717) is 0 Å². The van der Waals surface area contributed by atoms with Crippen molar-refractivity contribution in [3.8, 4) is 11.3 Å². The van der Waals surface area contributed by atoms with Crippen LogP contribution in [0.2, 0.25) is 0 Å². The first-order valence-corrected chi connectivity index (χ1v) is 5.31. The molecule has 0 bridgehead atoms. The van der Waals surface area contributed by atoms with E-state index in [2.05, 4.69) is 51.4 Å². The Labute approximate surface area is 88.8 Å². The third-order valence-electron chi connectivity index (χ3n) is 2.87. The Bertz CT molecular complexity index is 459. The van der Waals surface area contributed by atoms with Crippen LogP contribution in [0, 0.1) is 0 Å². The molecule has 76 valence electrons. The summed E-state index contributed by atoms with van der Waals surface area (Å²) in [6, 6.07) is 10.5. The number of fused-ring (bicyclic) bond motifs is 1. The van der Waals surface area contributed by atoms with Gasteiger partial charge in [-0.3, -0.25) is 0 Å². The Kier molecular flexibility index (Phi) is 2.03. The molecule has 15 heavy (non-hydrogen) atoms. The lowest BCUT2D eigenvalue weighted by molar-refractivity contribution is -0.696. The number of nitrogens with one attached hydrogen (secondary N) is 2. The molecule has 3 heteroatoms. The van der Waals surface area contributed by atoms with Crippen molar-refractivity contribution in [2.24, 2.45) is 0 Å². The fraction of sp³-hybridized carbons (Fsp3) is 0.250. The highest BCUT2D eigenvalue weighted by atomic mass is 15.2. The van der Waals surface area contributed by atoms with Crippen LogP contribution in [0.1, 0.15) is 5.82 Å². The van der Waals surface area contributed by atoms with Crippen LogP contribution in [0.4, 0.5) is 0 Å². The molecule has 1 aliphatic heterocycles. The summed E-state index contributed by atoms with van der Waals surface area (Å²) in [7, 11) is 0. The van der Waals surface area contributed by atoms with Gasteiger partial charge in [-0.15, -0.1) is 0 Å². The van der Waals surface area contributed by atoms with Crippen molar-refractivity contribution in [3.05, 3.63) is 42.4 Å². The van der Waals surface area contributed by atoms with Crippen molar-refractivity contribution in [2.75, 3.05) is 6.54 Å². The van der Waals surface area contributed by atoms with E-state index in [1.807, 2.05) is 0 Å². The molecule has 1 aromatic heterocycles. The smallest absolute Gasteiger partial charge is 0.268 e. The number of rotatable bonds is 1. The fourth-order valence-electron chi connectivity index (χ4n) is 2.10. The normalized spacial score (nSPS) is 14.9. The molecule has 0 aliphatic carbocycles. The quantitative estimate of drug-likeness (QED) is 0.663. The van der Waals surface area contributed by atoms with Crippen LogP contribution in [0.25, 0.3) is 11.3 Å². The maximum Gasteiger partial charge on any atom is 0.268 e. The Morgan fingerprint density at radius 1 is 1.13 bits per heavy atom. The highest BCUT2D eigenvalue weighted by Crippen LogP contribution is 2.15. The van der Waals surface area contributed by atoms with E-state index in [9.17, 15) is 0 Å². The van der Waals surface area contributed by atoms with Crippen LogP contribution in [-0.2, 0) is 13.1 Å². The van der Waals surface area contributed by atoms with Gasteiger partial charge in [0.2, 0.25) is 0 Å². The average Bonchev–Trinajstić information content (AvgIpc) is 2.74. The maximum atomic E-state index is 3.35. The Hall–Kier alpha value is -1.61. The zero-order valence-electron chi connectivity index (χ0n) is 8.53. The second kappa shape index (κ2) is 3.51. The van der Waals surface area contributed by atoms with Crippen LogP contribution in [0.15, 0.2) is 36.5 Å². The molecule has 0 radical (unpaired) electrons. The van der Waals surface area contributed by atoms with E-state index in [1.54, 1.807) is 0 Å². The average molecular weight is 200 g/mol. The molecule has 0 spiro atoms. The summed E-state index contributed by atoms with van der Waals surface area (Å²) in [5, 5.41) is 3.35. The van der Waals surface area contributed by atoms with Crippen LogP contribution < -0.4 is 9.88 Å². The molecule has 2 N–H and O–H groups in total. The van der Waals surface area contributed by atoms with Gasteiger partial charge < -0.3 is 5.32 Å². The van der Waals surface area contributed by atoms with Gasteiger partial charge in [0.25, 0.3) is 5.82 Å². The van der Waals surface area contributed by atoms with Crippen LogP contribution in [0.3, 0.4) is 0 Å². The molecular formula is C12H14N3+. The number of nitrogens with zero attached hydrogens (tertiary/aromatic N) is 1. The molecule has 3 nitrogen and oxygen atoms in total. The van der Waals surface area contributed by atoms with Gasteiger partial charge >= 0.3 is 0 Å². The summed E-state index contributed by atoms with van der Waals surface area (Å²) in [6.45, 7) is 3.03. The minimum atomic E-state index is 0.937. The summed E-state index contributed by atoms with van der Waals surface area (Å²) >= 11 is 0. The SMILES string of the molecule is c1ccc(-c2c[nH]c3[n+]2CCNC3)cc1. The molecule has 0 fully saturated rings. The van der Waals surface area contributed by atoms with E-state index in [-0.39, 0.29) is 0 Å². The summed E-state index contributed by atoms with van der Waals surface area (Å²) in [4.78, 5) is 3.33. The predicted octanol–water partition coefficient (Wildman–Crippen LogP) is 1.07. The molecule has 0 unspecified atom stereocenters. The van der Waals surface area contributed by atoms with Gasteiger partial charge in [0, 0.05) is 12.1 Å². The summed E-state index contributed by atoms with van der Waals surface area (Å²) in [5.41, 5.74) is 2.56. The highest BCUT2D eigenvalue weighted by molar-refractivity contribution is 5.54. The first kappa shape index (κ1) is 8.68. The first-order chi connectivity index (χ1) is 7.45. The zero-order chi connectivity index (χ0) is 10.1. The van der Waals surface area contributed by atoms with E-state index in [0.717, 1.165) is 19.6 Å². The maximum absolute atomic E-state index is 3.35. The summed E-state index contributed by atoms with van der Waals surface area (Å²) in [5.74, 6) is 1.26. The molecule has 1 aromatic carbocycles. The summed E-state index contributed by atoms with van der Waals surface area (Å²) < 4.78 is 2.35. The summed E-state index contributed by atoms with van der Waals surface area (Å²) in [6.07, 6.45) is 2.09. The zero-order valence-corrected chi connectivity index (χ0v) is 8.53. The molecular weight excluding hydrogens is 186 g/mol. The van der Waals surface area contributed by atoms with E-state index in [4.69, 9.17) is 0 Å². The monoisotopic (exact) mass is 200 g/mol. The number of aromatic amines is 1. The van der Waals surface area contributed by atoms with Gasteiger partial charge in [-0.1, -0.05) is 30.3 Å². The van der Waals surface area contributed by atoms with Gasteiger partial charge in [-0.05, 0) is 0 Å². The minimum absolute atomic E-state index is 0.937. The Morgan fingerprint density at radius 2 is 2.00 bits per heavy atom. The predicted molar refractivity (Wildman–Crippen MR) is 58.1 cm³/mol. The van der Waals surface area contributed by atoms with E-state index in [1.165, 1.54) is 17.1 Å². The fourth-order valence-corrected chi connectivity index (χ4v) is 2.10. The minimum Gasteiger partial charge on any atom is -0.302 e. The van der Waals surface area contributed by atoms with Crippen LogP contribution >= 0.6 is 0 Å². The van der Waals surface area contributed by atoms with Crippen LogP contribution in [0.5, 0.6) is 0 Å². The van der Waals surface area contributed by atoms with Gasteiger partial charge in [-0.25, -0.2) is 9.55 Å². The van der Waals surface area contributed by atoms with Gasteiger partial charge in [0.15, 0.2) is 5.69 Å². The molecule has 0 saturated carbocycles. The van der Waals surface area contributed by atoms with E-state index < -0.39 is 0 Å². The third-order valence-corrected chi connectivity index (χ3v) is 2.87. The number of H-pyrrole nitrogens is 1. The Morgan fingerprint density at radius 3 is 2.87 bits per heavy atom. The molecule has 2 heterocycles. The van der Waals surface area contributed by atoms with E-state index >= 15 is 0 Å². The second-order valence-electron chi connectivity index (χ2n) is 3.82. The molecule has 2 aromatic rings. The van der Waals surface area contributed by atoms with Gasteiger partial charge in [0.1, 0.15) is 12.7 Å². The second-order valence-corrected chi connectivity index (χ2v) is 3.82. The lowest BCUT2D eigenvalue weighted by Crippen LogP contribution is -2.48.